The van der Waals surface area contributed by atoms with Crippen LogP contribution in [0.5, 0.6) is 17.2 Å². The number of carbonyl (C=O) groups is 6. The lowest BCUT2D eigenvalue weighted by Crippen LogP contribution is -2.55. The Balaban J connectivity index is 1.08. The minimum absolute atomic E-state index is 0.0724. The normalized spacial score (nSPS) is 31.1. The van der Waals surface area contributed by atoms with E-state index in [9.17, 15) is 49.2 Å². The van der Waals surface area contributed by atoms with Gasteiger partial charge in [0.1, 0.15) is 47.9 Å². The smallest absolute Gasteiger partial charge is 0.254 e. The molecule has 3 saturated heterocycles. The van der Waals surface area contributed by atoms with Crippen LogP contribution in [0.1, 0.15) is 75.3 Å². The second-order valence-electron chi connectivity index (χ2n) is 14.5. The fourth-order valence-corrected chi connectivity index (χ4v) is 8.83. The molecular formula is C38H38N2O15. The molecule has 2 amide bonds. The Kier molecular flexibility index (Phi) is 9.23. The quantitative estimate of drug-likeness (QED) is 0.166. The van der Waals surface area contributed by atoms with E-state index in [0.717, 1.165) is 17.1 Å². The van der Waals surface area contributed by atoms with Crippen molar-refractivity contribution >= 4 is 34.9 Å². The van der Waals surface area contributed by atoms with Crippen molar-refractivity contribution in [2.75, 3.05) is 33.4 Å². The predicted molar refractivity (Wildman–Crippen MR) is 182 cm³/mol. The highest BCUT2D eigenvalue weighted by atomic mass is 16.7. The molecule has 17 nitrogen and oxygen atoms in total. The number of ether oxygens (including phenoxy) is 5. The van der Waals surface area contributed by atoms with Crippen LogP contribution < -0.4 is 4.74 Å². The van der Waals surface area contributed by atoms with Gasteiger partial charge in [0.25, 0.3) is 11.8 Å². The summed E-state index contributed by atoms with van der Waals surface area (Å²) >= 11 is 0. The van der Waals surface area contributed by atoms with E-state index in [1.165, 1.54) is 25.3 Å². The Hall–Kier alpha value is -4.88. The average Bonchev–Trinajstić information content (AvgIpc) is 3.70. The molecule has 8 rings (SSSR count). The molecule has 4 aliphatic heterocycles. The van der Waals surface area contributed by atoms with E-state index in [4.69, 9.17) is 23.7 Å². The lowest BCUT2D eigenvalue weighted by Gasteiger charge is -2.43. The molecule has 4 heterocycles. The number of ketones is 4. The monoisotopic (exact) mass is 762 g/mol. The summed E-state index contributed by atoms with van der Waals surface area (Å²) < 4.78 is 30.3. The number of aromatic hydroxyl groups is 2. The van der Waals surface area contributed by atoms with Crippen LogP contribution in [0.25, 0.3) is 0 Å². The van der Waals surface area contributed by atoms with Gasteiger partial charge >= 0.3 is 0 Å². The zero-order valence-electron chi connectivity index (χ0n) is 29.8. The van der Waals surface area contributed by atoms with Crippen LogP contribution in [0.4, 0.5) is 0 Å². The van der Waals surface area contributed by atoms with Gasteiger partial charge in [0.15, 0.2) is 23.6 Å². The van der Waals surface area contributed by atoms with Crippen LogP contribution in [0.15, 0.2) is 30.4 Å². The van der Waals surface area contributed by atoms with Crippen molar-refractivity contribution in [2.45, 2.75) is 81.2 Å². The van der Waals surface area contributed by atoms with Crippen molar-refractivity contribution in [1.82, 2.24) is 9.80 Å². The van der Waals surface area contributed by atoms with Gasteiger partial charge in [-0.1, -0.05) is 12.1 Å². The molecule has 2 aliphatic carbocycles. The Morgan fingerprint density at radius 1 is 1.00 bits per heavy atom. The summed E-state index contributed by atoms with van der Waals surface area (Å²) in [7, 11) is 1.32. The molecule has 0 spiro atoms. The number of hydrogen-bond donors (Lipinski definition) is 4. The Morgan fingerprint density at radius 2 is 1.73 bits per heavy atom. The molecule has 0 radical (unpaired) electrons. The van der Waals surface area contributed by atoms with Gasteiger partial charge in [-0.2, -0.15) is 0 Å². The first-order valence-corrected chi connectivity index (χ1v) is 17.9. The van der Waals surface area contributed by atoms with Crippen molar-refractivity contribution in [2.24, 2.45) is 0 Å². The first-order valence-electron chi connectivity index (χ1n) is 17.9. The zero-order chi connectivity index (χ0) is 39.1. The first-order chi connectivity index (χ1) is 26.3. The van der Waals surface area contributed by atoms with Gasteiger partial charge < -0.3 is 44.1 Å². The number of morpholine rings is 1. The van der Waals surface area contributed by atoms with E-state index in [0.29, 0.717) is 6.54 Å². The number of aliphatic hydroxyl groups is 2. The molecule has 6 aliphatic rings. The van der Waals surface area contributed by atoms with Crippen LogP contribution in [-0.4, -0.2) is 141 Å². The van der Waals surface area contributed by atoms with Gasteiger partial charge in [-0.25, -0.2) is 0 Å². The van der Waals surface area contributed by atoms with E-state index >= 15 is 0 Å². The van der Waals surface area contributed by atoms with Crippen molar-refractivity contribution in [3.8, 4) is 17.2 Å². The molecule has 0 bridgehead atoms. The van der Waals surface area contributed by atoms with Gasteiger partial charge in [-0.05, 0) is 13.0 Å². The third-order valence-corrected chi connectivity index (χ3v) is 11.4. The zero-order valence-corrected chi connectivity index (χ0v) is 29.8. The second kappa shape index (κ2) is 13.7. The molecule has 55 heavy (non-hydrogen) atoms. The summed E-state index contributed by atoms with van der Waals surface area (Å²) in [6, 6.07) is 4.01. The molecule has 290 valence electrons. The lowest BCUT2D eigenvalue weighted by atomic mass is 9.72. The molecule has 0 aromatic heterocycles. The summed E-state index contributed by atoms with van der Waals surface area (Å²) in [5.74, 6) is -5.43. The highest BCUT2D eigenvalue weighted by Crippen LogP contribution is 2.53. The molecule has 17 heteroatoms. The average molecular weight is 763 g/mol. The largest absolute Gasteiger partial charge is 0.507 e. The number of rotatable bonds is 9. The fraction of sp³-hybridized carbons (Fsp3) is 0.474. The number of fused-ring (bicyclic) bond motifs is 6. The third kappa shape index (κ3) is 5.89. The Morgan fingerprint density at radius 3 is 2.44 bits per heavy atom. The molecule has 8 atom stereocenters. The van der Waals surface area contributed by atoms with Crippen molar-refractivity contribution < 1.29 is 72.9 Å². The number of carbonyl (C=O) groups excluding carboxylic acids is 6. The van der Waals surface area contributed by atoms with E-state index < -0.39 is 126 Å². The standard InChI is InChI=1S/C38H38N2O15/c1-16-36-20(39-8-9-52-22(37(39)55-36)10-17(42)14-40-25(44)6-7-26(40)45)11-27(53-16)54-23-13-38(50,24(43)15-41)12-19-29(23)35(49)31-30(33(19)47)32(46)18-4-3-5-21(51-2)28(18)34(31)48/h3-7,16,20,22-23,27,36-37,41,47,49-50H,8-15H2,1-2H3/t16-,20-,22+,23-,27-,36+,37+,38-/m0/s1. The van der Waals surface area contributed by atoms with Crippen LogP contribution in [0.2, 0.25) is 0 Å². The Bertz CT molecular complexity index is 2060. The van der Waals surface area contributed by atoms with E-state index in [-0.39, 0.29) is 53.5 Å². The minimum atomic E-state index is -2.30. The Labute approximate surface area is 312 Å². The van der Waals surface area contributed by atoms with Gasteiger partial charge in [-0.15, -0.1) is 0 Å². The highest BCUT2D eigenvalue weighted by molar-refractivity contribution is 6.31. The number of amides is 2. The topological polar surface area (TPSA) is 236 Å². The van der Waals surface area contributed by atoms with Crippen LogP contribution in [0.3, 0.4) is 0 Å². The third-order valence-electron chi connectivity index (χ3n) is 11.4. The number of phenolic OH excluding ortho intramolecular Hbond substituents is 2. The number of nitrogens with zero attached hydrogens (tertiary/aromatic N) is 2. The summed E-state index contributed by atoms with van der Waals surface area (Å²) in [5, 5.41) is 44.9. The number of aliphatic hydroxyl groups excluding tert-OH is 1. The number of Topliss-reactive ketones (excluding diaryl/α,β-unsaturated/α-hetero) is 2. The van der Waals surface area contributed by atoms with E-state index in [2.05, 4.69) is 0 Å². The first kappa shape index (κ1) is 37.1. The molecular weight excluding hydrogens is 724 g/mol. The maximum Gasteiger partial charge on any atom is 0.254 e. The van der Waals surface area contributed by atoms with Crippen LogP contribution >= 0.6 is 0 Å². The number of hydrogen-bond acceptors (Lipinski definition) is 16. The molecule has 0 unspecified atom stereocenters. The van der Waals surface area contributed by atoms with E-state index in [1.807, 2.05) is 4.90 Å². The summed E-state index contributed by atoms with van der Waals surface area (Å²) in [5.41, 5.74) is -3.80. The van der Waals surface area contributed by atoms with Gasteiger partial charge in [-0.3, -0.25) is 38.6 Å². The number of methoxy groups -OCH3 is 1. The molecule has 2 aromatic rings. The fourth-order valence-electron chi connectivity index (χ4n) is 8.83. The maximum atomic E-state index is 14.0. The van der Waals surface area contributed by atoms with E-state index in [1.54, 1.807) is 6.92 Å². The molecule has 2 aromatic carbocycles. The van der Waals surface area contributed by atoms with Crippen molar-refractivity contribution in [3.63, 3.8) is 0 Å². The summed E-state index contributed by atoms with van der Waals surface area (Å²) in [6.07, 6.45) is -3.87. The van der Waals surface area contributed by atoms with Crippen LogP contribution in [0, 0.1) is 0 Å². The number of imide groups is 1. The molecule has 3 fully saturated rings. The number of phenols is 2. The predicted octanol–water partition coefficient (Wildman–Crippen LogP) is -0.00840. The van der Waals surface area contributed by atoms with Crippen LogP contribution in [-0.2, 0) is 44.5 Å². The second-order valence-corrected chi connectivity index (χ2v) is 14.5. The minimum Gasteiger partial charge on any atom is -0.507 e. The van der Waals surface area contributed by atoms with Gasteiger partial charge in [0, 0.05) is 67.1 Å². The number of benzene rings is 2. The van der Waals surface area contributed by atoms with Gasteiger partial charge in [0.05, 0.1) is 49.2 Å². The van der Waals surface area contributed by atoms with Crippen molar-refractivity contribution in [3.05, 3.63) is 63.7 Å². The van der Waals surface area contributed by atoms with Crippen molar-refractivity contribution in [1.29, 1.82) is 0 Å². The summed E-state index contributed by atoms with van der Waals surface area (Å²) in [4.78, 5) is 80.6. The maximum absolute atomic E-state index is 14.0. The molecule has 0 saturated carbocycles. The molecule has 4 N–H and O–H groups in total. The lowest BCUT2D eigenvalue weighted by molar-refractivity contribution is -0.247. The van der Waals surface area contributed by atoms with Gasteiger partial charge in [0.2, 0.25) is 5.78 Å². The summed E-state index contributed by atoms with van der Waals surface area (Å²) in [6.45, 7) is 0.957. The highest BCUT2D eigenvalue weighted by Gasteiger charge is 2.55. The SMILES string of the molecule is COc1cccc2c1C(=O)c1c(O)c3c(c(O)c1C2=O)C[C@@](O)(C(=O)CO)C[C@@H]3O[C@H]1C[C@H]2[C@H](O[C@@H]3[C@@H](CC(=O)CN4C(=O)C=CC4=O)OCCN32)[C@H](C)O1.